The first kappa shape index (κ1) is 31.3. The first-order valence-corrected chi connectivity index (χ1v) is 14.8. The van der Waals surface area contributed by atoms with Crippen LogP contribution in [0, 0.1) is 38.3 Å². The van der Waals surface area contributed by atoms with Gasteiger partial charge in [0, 0.05) is 43.3 Å². The average molecular weight is 753 g/mol. The Labute approximate surface area is 273 Å². The van der Waals surface area contributed by atoms with Gasteiger partial charge in [0.1, 0.15) is 5.58 Å². The van der Waals surface area contributed by atoms with Crippen molar-refractivity contribution in [3.63, 3.8) is 0 Å². The maximum Gasteiger partial charge on any atom is 0.128 e. The van der Waals surface area contributed by atoms with E-state index in [4.69, 9.17) is 9.40 Å². The van der Waals surface area contributed by atoms with Crippen LogP contribution in [0.4, 0.5) is 0 Å². The molecular formula is C40H36IrN2O-2. The monoisotopic (exact) mass is 753 g/mol. The quantitative estimate of drug-likeness (QED) is 0.169. The Morgan fingerprint density at radius 2 is 1.45 bits per heavy atom. The summed E-state index contributed by atoms with van der Waals surface area (Å²) in [5, 5.41) is 4.57. The van der Waals surface area contributed by atoms with Gasteiger partial charge in [-0.3, -0.25) is 0 Å². The minimum absolute atomic E-state index is 0. The molecule has 0 aliphatic rings. The molecule has 0 bridgehead atoms. The molecule has 0 unspecified atom stereocenters. The molecule has 3 aromatic heterocycles. The Morgan fingerprint density at radius 3 is 2.18 bits per heavy atom. The molecule has 44 heavy (non-hydrogen) atoms. The van der Waals surface area contributed by atoms with E-state index < -0.39 is 0 Å². The molecule has 0 aliphatic heterocycles. The normalized spacial score (nSPS) is 11.3. The second kappa shape index (κ2) is 12.9. The predicted octanol–water partition coefficient (Wildman–Crippen LogP) is 10.7. The van der Waals surface area contributed by atoms with Crippen molar-refractivity contribution < 1.29 is 24.5 Å². The summed E-state index contributed by atoms with van der Waals surface area (Å²) in [5.74, 6) is 0. The fourth-order valence-electron chi connectivity index (χ4n) is 5.41. The Hall–Kier alpha value is -4.11. The number of fused-ring (bicyclic) bond motifs is 5. The number of aromatic nitrogens is 2. The number of aryl methyl sites for hydroxylation is 3. The summed E-state index contributed by atoms with van der Waals surface area (Å²) in [6.07, 6.45) is 4.86. The molecule has 0 spiro atoms. The number of benzene rings is 4. The van der Waals surface area contributed by atoms with Crippen LogP contribution in [0.2, 0.25) is 0 Å². The summed E-state index contributed by atoms with van der Waals surface area (Å²) in [6.45, 7) is 13.0. The molecule has 4 aromatic carbocycles. The van der Waals surface area contributed by atoms with E-state index in [1.165, 1.54) is 27.6 Å². The van der Waals surface area contributed by atoms with Crippen LogP contribution in [0.25, 0.3) is 55.2 Å². The summed E-state index contributed by atoms with van der Waals surface area (Å²) in [6, 6.07) is 35.7. The van der Waals surface area contributed by atoms with Crippen LogP contribution in [0.5, 0.6) is 0 Å². The van der Waals surface area contributed by atoms with E-state index in [0.717, 1.165) is 56.3 Å². The molecule has 7 aromatic rings. The molecule has 0 amide bonds. The number of nitrogens with zero attached hydrogens (tertiary/aromatic N) is 2. The fourth-order valence-corrected chi connectivity index (χ4v) is 5.41. The van der Waals surface area contributed by atoms with E-state index >= 15 is 0 Å². The van der Waals surface area contributed by atoms with Crippen molar-refractivity contribution in [2.45, 2.75) is 48.0 Å². The zero-order chi connectivity index (χ0) is 30.1. The third-order valence-corrected chi connectivity index (χ3v) is 7.67. The Morgan fingerprint density at radius 1 is 0.705 bits per heavy atom. The van der Waals surface area contributed by atoms with Crippen LogP contribution in [0.3, 0.4) is 0 Å². The van der Waals surface area contributed by atoms with Gasteiger partial charge in [-0.05, 0) is 53.6 Å². The summed E-state index contributed by atoms with van der Waals surface area (Å²) < 4.78 is 6.45. The molecular weight excluding hydrogens is 717 g/mol. The van der Waals surface area contributed by atoms with Gasteiger partial charge in [0.15, 0.2) is 0 Å². The van der Waals surface area contributed by atoms with Crippen LogP contribution in [0.15, 0.2) is 102 Å². The van der Waals surface area contributed by atoms with Crippen LogP contribution >= 0.6 is 0 Å². The molecule has 0 aliphatic carbocycles. The summed E-state index contributed by atoms with van der Waals surface area (Å²) in [4.78, 5) is 9.08. The van der Waals surface area contributed by atoms with Crippen molar-refractivity contribution >= 4 is 32.7 Å². The third-order valence-electron chi connectivity index (χ3n) is 7.67. The Kier molecular flexibility index (Phi) is 9.15. The van der Waals surface area contributed by atoms with Gasteiger partial charge in [-0.15, -0.1) is 53.6 Å². The van der Waals surface area contributed by atoms with Crippen molar-refractivity contribution in [3.8, 4) is 22.5 Å². The van der Waals surface area contributed by atoms with Gasteiger partial charge in [0.05, 0.1) is 5.58 Å². The van der Waals surface area contributed by atoms with Gasteiger partial charge < -0.3 is 14.4 Å². The van der Waals surface area contributed by atoms with Gasteiger partial charge in [-0.25, -0.2) is 0 Å². The average Bonchev–Trinajstić information content (AvgIpc) is 3.38. The summed E-state index contributed by atoms with van der Waals surface area (Å²) in [7, 11) is 0. The molecule has 0 N–H and O–H groups in total. The van der Waals surface area contributed by atoms with E-state index in [0.29, 0.717) is 0 Å². The second-order valence-electron chi connectivity index (χ2n) is 12.6. The predicted molar refractivity (Wildman–Crippen MR) is 179 cm³/mol. The first-order valence-electron chi connectivity index (χ1n) is 14.8. The smallest absolute Gasteiger partial charge is 0.128 e. The number of furan rings is 1. The standard InChI is InChI=1S/C27H24NO.C13H12N.Ir/c1-17-16-28-24(14-19(17)15-27(2,3)4)23-11-7-10-21-22-13-12-18-8-5-6-9-20(18)25(22)29-26(21)23;1-10-3-6-12(7-4-10)13-8-5-11(2)9-14-13;/h5-10,12-14,16H,15H2,1-4H3;3-6,8-9H,1-2H3;/q2*-1;. The van der Waals surface area contributed by atoms with Gasteiger partial charge >= 0.3 is 0 Å². The zero-order valence-corrected chi connectivity index (χ0v) is 28.5. The molecule has 7 rings (SSSR count). The van der Waals surface area contributed by atoms with Crippen LogP contribution in [0.1, 0.15) is 43.0 Å². The van der Waals surface area contributed by atoms with E-state index in [9.17, 15) is 0 Å². The molecule has 1 radical (unpaired) electrons. The maximum absolute atomic E-state index is 6.45. The van der Waals surface area contributed by atoms with Crippen LogP contribution < -0.4 is 0 Å². The largest absolute Gasteiger partial charge is 0.500 e. The summed E-state index contributed by atoms with van der Waals surface area (Å²) >= 11 is 0. The van der Waals surface area contributed by atoms with Crippen molar-refractivity contribution in [2.75, 3.05) is 0 Å². The molecule has 0 saturated heterocycles. The number of hydrogen-bond acceptors (Lipinski definition) is 3. The van der Waals surface area contributed by atoms with Gasteiger partial charge in [0.25, 0.3) is 0 Å². The summed E-state index contributed by atoms with van der Waals surface area (Å²) in [5.41, 5.74) is 10.9. The van der Waals surface area contributed by atoms with Crippen LogP contribution in [-0.4, -0.2) is 9.97 Å². The minimum atomic E-state index is 0. The van der Waals surface area contributed by atoms with Crippen molar-refractivity contribution in [1.82, 2.24) is 9.97 Å². The zero-order valence-electron chi connectivity index (χ0n) is 26.1. The van der Waals surface area contributed by atoms with Crippen LogP contribution in [-0.2, 0) is 26.5 Å². The van der Waals surface area contributed by atoms with Crippen molar-refractivity contribution in [3.05, 3.63) is 132 Å². The van der Waals surface area contributed by atoms with Gasteiger partial charge in [-0.2, -0.15) is 0 Å². The topological polar surface area (TPSA) is 38.9 Å². The second-order valence-corrected chi connectivity index (χ2v) is 12.6. The molecule has 0 fully saturated rings. The molecule has 0 atom stereocenters. The number of hydrogen-bond donors (Lipinski definition) is 0. The molecule has 0 saturated carbocycles. The first-order chi connectivity index (χ1) is 20.7. The third kappa shape index (κ3) is 6.67. The van der Waals surface area contributed by atoms with E-state index in [1.807, 2.05) is 43.6 Å². The van der Waals surface area contributed by atoms with E-state index in [2.05, 4.69) is 112 Å². The minimum Gasteiger partial charge on any atom is -0.500 e. The molecule has 223 valence electrons. The molecule has 3 nitrogen and oxygen atoms in total. The van der Waals surface area contributed by atoms with Crippen molar-refractivity contribution in [2.24, 2.45) is 5.41 Å². The van der Waals surface area contributed by atoms with E-state index in [-0.39, 0.29) is 25.5 Å². The Bertz CT molecular complexity index is 2010. The van der Waals surface area contributed by atoms with E-state index in [1.54, 1.807) is 0 Å². The van der Waals surface area contributed by atoms with Gasteiger partial charge in [0.2, 0.25) is 0 Å². The van der Waals surface area contributed by atoms with Crippen molar-refractivity contribution in [1.29, 1.82) is 0 Å². The number of rotatable bonds is 3. The SMILES string of the molecule is Cc1c[c-]c(-c2ccc(C)cn2)cc1.Cc1cnc(-c2[c-]ccc3c2oc2c4ccccc4ccc32)cc1CC(C)(C)C.[Ir]. The number of pyridine rings is 2. The molecule has 4 heteroatoms. The maximum atomic E-state index is 6.45. The Balaban J connectivity index is 0.000000216. The fraction of sp³-hybridized carbons (Fsp3) is 0.200. The van der Waals surface area contributed by atoms with Gasteiger partial charge in [-0.1, -0.05) is 98.8 Å². The molecule has 3 heterocycles.